The van der Waals surface area contributed by atoms with Gasteiger partial charge in [-0.05, 0) is 41.3 Å². The number of aromatic nitrogens is 2. The average molecular weight is 523 g/mol. The van der Waals surface area contributed by atoms with Crippen molar-refractivity contribution in [2.24, 2.45) is 5.41 Å². The number of carbonyl (C=O) groups excluding carboxylic acids is 2. The van der Waals surface area contributed by atoms with Gasteiger partial charge in [-0.15, -0.1) is 0 Å². The fraction of sp³-hybridized carbons (Fsp3) is 0.375. The minimum absolute atomic E-state index is 0.0645. The van der Waals surface area contributed by atoms with Gasteiger partial charge in [0, 0.05) is 23.2 Å². The zero-order valence-corrected chi connectivity index (χ0v) is 21.5. The Hall–Kier alpha value is -2.98. The number of nitrogens with one attached hydrogen (secondary N) is 2. The Balaban J connectivity index is 1.90. The van der Waals surface area contributed by atoms with Crippen LogP contribution in [0.1, 0.15) is 36.8 Å². The largest absolute Gasteiger partial charge is 0.353 e. The van der Waals surface area contributed by atoms with Crippen LogP contribution >= 0.6 is 11.6 Å². The molecular formula is C24H28ClFN4O4S. The van der Waals surface area contributed by atoms with Gasteiger partial charge >= 0.3 is 0 Å². The number of carbonyl (C=O) groups is 2. The molecule has 1 aromatic heterocycles. The molecule has 0 bridgehead atoms. The first-order valence-electron chi connectivity index (χ1n) is 10.9. The van der Waals surface area contributed by atoms with Crippen molar-refractivity contribution in [3.8, 4) is 0 Å². The van der Waals surface area contributed by atoms with E-state index in [4.69, 9.17) is 11.6 Å². The average Bonchev–Trinajstić information content (AvgIpc) is 3.09. The minimum Gasteiger partial charge on any atom is -0.353 e. The molecule has 1 unspecified atom stereocenters. The van der Waals surface area contributed by atoms with Crippen LogP contribution in [0, 0.1) is 11.2 Å². The molecular weight excluding hydrogens is 495 g/mol. The van der Waals surface area contributed by atoms with Crippen LogP contribution in [0.25, 0.3) is 10.9 Å². The smallest absolute Gasteiger partial charge is 0.273 e. The van der Waals surface area contributed by atoms with E-state index < -0.39 is 33.1 Å². The Morgan fingerprint density at radius 2 is 1.80 bits per heavy atom. The molecule has 0 spiro atoms. The van der Waals surface area contributed by atoms with E-state index in [1.165, 1.54) is 12.1 Å². The number of rotatable bonds is 8. The second-order valence-electron chi connectivity index (χ2n) is 9.49. The van der Waals surface area contributed by atoms with Crippen molar-refractivity contribution in [1.82, 2.24) is 20.4 Å². The second kappa shape index (κ2) is 10.3. The molecule has 35 heavy (non-hydrogen) atoms. The summed E-state index contributed by atoms with van der Waals surface area (Å²) in [4.78, 5) is 26.2. The lowest BCUT2D eigenvalue weighted by molar-refractivity contribution is -0.125. The summed E-state index contributed by atoms with van der Waals surface area (Å²) in [5.41, 5.74) is 0.849. The number of hydrogen-bond acceptors (Lipinski definition) is 5. The number of nitrogens with zero attached hydrogens (tertiary/aromatic N) is 2. The number of amides is 2. The number of fused-ring (bicyclic) bond motifs is 1. The lowest BCUT2D eigenvalue weighted by Gasteiger charge is -2.30. The lowest BCUT2D eigenvalue weighted by Crippen LogP contribution is -2.54. The van der Waals surface area contributed by atoms with Crippen molar-refractivity contribution in [2.45, 2.75) is 33.4 Å². The van der Waals surface area contributed by atoms with Gasteiger partial charge in [0.05, 0.1) is 17.8 Å². The molecule has 0 radical (unpaired) electrons. The fourth-order valence-electron chi connectivity index (χ4n) is 3.54. The van der Waals surface area contributed by atoms with Crippen molar-refractivity contribution in [2.75, 3.05) is 18.6 Å². The summed E-state index contributed by atoms with van der Waals surface area (Å²) >= 11 is 6.18. The van der Waals surface area contributed by atoms with E-state index in [2.05, 4.69) is 15.7 Å². The highest BCUT2D eigenvalue weighted by Gasteiger charge is 2.34. The zero-order valence-electron chi connectivity index (χ0n) is 19.9. The Morgan fingerprint density at radius 3 is 2.40 bits per heavy atom. The molecule has 2 N–H and O–H groups in total. The molecule has 1 heterocycles. The van der Waals surface area contributed by atoms with Crippen LogP contribution in [0.2, 0.25) is 5.02 Å². The highest BCUT2D eigenvalue weighted by Crippen LogP contribution is 2.25. The molecule has 188 valence electrons. The first-order chi connectivity index (χ1) is 16.2. The predicted octanol–water partition coefficient (Wildman–Crippen LogP) is 3.18. The maximum Gasteiger partial charge on any atom is 0.273 e. The predicted molar refractivity (Wildman–Crippen MR) is 134 cm³/mol. The standard InChI is InChI=1S/C24H28ClFN4O4S/c1-24(2,3)21(23(32)27-11-12-35(4,33)34)28-22(31)20-18-13-16(25)7-10-19(18)30(29-20)14-15-5-8-17(26)9-6-15/h5-10,13,21H,11-12,14H2,1-4H3,(H,27,32)(H,28,31). The molecule has 2 aromatic carbocycles. The first-order valence-corrected chi connectivity index (χ1v) is 13.4. The summed E-state index contributed by atoms with van der Waals surface area (Å²) in [7, 11) is -3.25. The van der Waals surface area contributed by atoms with Gasteiger partial charge in [-0.2, -0.15) is 5.10 Å². The van der Waals surface area contributed by atoms with Gasteiger partial charge in [0.2, 0.25) is 5.91 Å². The molecule has 0 aliphatic carbocycles. The Labute approximate surface area is 208 Å². The first kappa shape index (κ1) is 26.6. The Bertz CT molecular complexity index is 1350. The minimum atomic E-state index is -3.25. The van der Waals surface area contributed by atoms with Crippen LogP contribution in [-0.4, -0.2) is 54.6 Å². The van der Waals surface area contributed by atoms with Crippen LogP contribution in [0.15, 0.2) is 42.5 Å². The number of hydrogen-bond donors (Lipinski definition) is 2. The van der Waals surface area contributed by atoms with Crippen molar-refractivity contribution >= 4 is 44.2 Å². The summed E-state index contributed by atoms with van der Waals surface area (Å²) < 4.78 is 37.7. The molecule has 8 nitrogen and oxygen atoms in total. The third-order valence-electron chi connectivity index (χ3n) is 5.35. The van der Waals surface area contributed by atoms with Gasteiger partial charge in [-0.1, -0.05) is 44.5 Å². The topological polar surface area (TPSA) is 110 Å². The highest BCUT2D eigenvalue weighted by molar-refractivity contribution is 7.90. The lowest BCUT2D eigenvalue weighted by atomic mass is 9.86. The van der Waals surface area contributed by atoms with Crippen molar-refractivity contribution in [3.05, 3.63) is 64.6 Å². The Morgan fingerprint density at radius 1 is 1.14 bits per heavy atom. The molecule has 0 saturated heterocycles. The van der Waals surface area contributed by atoms with E-state index >= 15 is 0 Å². The summed E-state index contributed by atoms with van der Waals surface area (Å²) in [6.07, 6.45) is 1.08. The molecule has 0 aliphatic heterocycles. The third-order valence-corrected chi connectivity index (χ3v) is 6.53. The molecule has 11 heteroatoms. The van der Waals surface area contributed by atoms with Crippen LogP contribution in [0.5, 0.6) is 0 Å². The molecule has 0 fully saturated rings. The summed E-state index contributed by atoms with van der Waals surface area (Å²) in [5.74, 6) is -1.63. The van der Waals surface area contributed by atoms with Crippen molar-refractivity contribution in [3.63, 3.8) is 0 Å². The van der Waals surface area contributed by atoms with E-state index in [9.17, 15) is 22.4 Å². The van der Waals surface area contributed by atoms with E-state index in [1.54, 1.807) is 55.8 Å². The second-order valence-corrected chi connectivity index (χ2v) is 12.2. The highest BCUT2D eigenvalue weighted by atomic mass is 35.5. The van der Waals surface area contributed by atoms with Crippen LogP contribution < -0.4 is 10.6 Å². The van der Waals surface area contributed by atoms with Crippen molar-refractivity contribution in [1.29, 1.82) is 0 Å². The van der Waals surface area contributed by atoms with Gasteiger partial charge in [-0.25, -0.2) is 12.8 Å². The van der Waals surface area contributed by atoms with Gasteiger partial charge in [0.15, 0.2) is 5.69 Å². The van der Waals surface area contributed by atoms with Gasteiger partial charge in [0.1, 0.15) is 21.7 Å². The van der Waals surface area contributed by atoms with E-state index in [1.807, 2.05) is 0 Å². The van der Waals surface area contributed by atoms with Crippen LogP contribution in [0.4, 0.5) is 4.39 Å². The fourth-order valence-corrected chi connectivity index (χ4v) is 4.18. The molecule has 0 saturated carbocycles. The van der Waals surface area contributed by atoms with Crippen LogP contribution in [0.3, 0.4) is 0 Å². The maximum absolute atomic E-state index is 13.3. The van der Waals surface area contributed by atoms with E-state index in [0.717, 1.165) is 11.8 Å². The monoisotopic (exact) mass is 522 g/mol. The normalized spacial score (nSPS) is 13.0. The quantitative estimate of drug-likeness (QED) is 0.472. The SMILES string of the molecule is CC(C)(C)C(NC(=O)c1nn(Cc2ccc(F)cc2)c2ccc(Cl)cc12)C(=O)NCCS(C)(=O)=O. The van der Waals surface area contributed by atoms with E-state index in [0.29, 0.717) is 22.5 Å². The molecule has 3 rings (SSSR count). The summed E-state index contributed by atoms with van der Waals surface area (Å²) in [6.45, 7) is 5.59. The Kier molecular flexibility index (Phi) is 7.86. The van der Waals surface area contributed by atoms with Crippen molar-refractivity contribution < 1.29 is 22.4 Å². The summed E-state index contributed by atoms with van der Waals surface area (Å²) in [6, 6.07) is 10.1. The zero-order chi connectivity index (χ0) is 26.0. The molecule has 1 atom stereocenters. The maximum atomic E-state index is 13.3. The summed E-state index contributed by atoms with van der Waals surface area (Å²) in [5, 5.41) is 10.7. The molecule has 0 aliphatic rings. The number of halogens is 2. The number of benzene rings is 2. The molecule has 3 aromatic rings. The van der Waals surface area contributed by atoms with Gasteiger partial charge in [-0.3, -0.25) is 14.3 Å². The van der Waals surface area contributed by atoms with Gasteiger partial charge < -0.3 is 10.6 Å². The van der Waals surface area contributed by atoms with E-state index in [-0.39, 0.29) is 23.8 Å². The number of sulfone groups is 1. The third kappa shape index (κ3) is 7.02. The molecule has 2 amide bonds. The van der Waals surface area contributed by atoms with Crippen LogP contribution in [-0.2, 0) is 21.2 Å². The van der Waals surface area contributed by atoms with Gasteiger partial charge in [0.25, 0.3) is 5.91 Å².